The van der Waals surface area contributed by atoms with Crippen molar-refractivity contribution in [1.82, 2.24) is 10.3 Å². The monoisotopic (exact) mass is 402 g/mol. The third kappa shape index (κ3) is 3.85. The molecule has 152 valence electrons. The highest BCUT2D eigenvalue weighted by Crippen LogP contribution is 2.37. The van der Waals surface area contributed by atoms with Crippen molar-refractivity contribution in [2.75, 3.05) is 14.2 Å². The van der Waals surface area contributed by atoms with Gasteiger partial charge in [-0.15, -0.1) is 0 Å². The second-order valence-electron chi connectivity index (χ2n) is 6.86. The second-order valence-corrected chi connectivity index (χ2v) is 6.86. The van der Waals surface area contributed by atoms with Crippen molar-refractivity contribution in [3.63, 3.8) is 0 Å². The summed E-state index contributed by atoms with van der Waals surface area (Å²) in [6.07, 6.45) is 1.77. The van der Waals surface area contributed by atoms with Gasteiger partial charge < -0.3 is 19.2 Å². The lowest BCUT2D eigenvalue weighted by molar-refractivity contribution is -0.119. The van der Waals surface area contributed by atoms with Crippen molar-refractivity contribution in [2.24, 2.45) is 0 Å². The van der Waals surface area contributed by atoms with Crippen molar-refractivity contribution < 1.29 is 18.7 Å². The van der Waals surface area contributed by atoms with Crippen LogP contribution >= 0.6 is 0 Å². The second kappa shape index (κ2) is 8.29. The molecule has 0 atom stereocenters. The first-order valence-corrected chi connectivity index (χ1v) is 9.53. The van der Waals surface area contributed by atoms with Gasteiger partial charge in [0.1, 0.15) is 11.3 Å². The van der Waals surface area contributed by atoms with Gasteiger partial charge in [-0.1, -0.05) is 24.3 Å². The number of nitrogens with zero attached hydrogens (tertiary/aromatic N) is 1. The number of carbonyl (C=O) groups excluding carboxylic acids is 1. The van der Waals surface area contributed by atoms with E-state index in [-0.39, 0.29) is 5.91 Å². The molecule has 1 N–H and O–H groups in total. The Balaban J connectivity index is 1.70. The standard InChI is InChI=1S/C24H22N2O4/c1-15(27)26-14-16-4-6-17(7-5-16)19-10-11-25-20-13-22(30-24(19)20)18-8-9-21(28-2)23(12-18)29-3/h4-13H,14H2,1-3H3,(H,26,27). The molecule has 0 saturated heterocycles. The molecular formula is C24H22N2O4. The quantitative estimate of drug-likeness (QED) is 0.501. The lowest BCUT2D eigenvalue weighted by Crippen LogP contribution is -2.18. The van der Waals surface area contributed by atoms with Crippen LogP contribution in [0.3, 0.4) is 0 Å². The van der Waals surface area contributed by atoms with Crippen LogP contribution in [-0.4, -0.2) is 25.1 Å². The van der Waals surface area contributed by atoms with Gasteiger partial charge in [0, 0.05) is 36.9 Å². The molecule has 6 nitrogen and oxygen atoms in total. The lowest BCUT2D eigenvalue weighted by atomic mass is 10.0. The Morgan fingerprint density at radius 3 is 2.40 bits per heavy atom. The molecule has 0 bridgehead atoms. The van der Waals surface area contributed by atoms with E-state index in [1.165, 1.54) is 6.92 Å². The van der Waals surface area contributed by atoms with Crippen molar-refractivity contribution >= 4 is 17.0 Å². The Labute approximate surface area is 174 Å². The molecule has 30 heavy (non-hydrogen) atoms. The summed E-state index contributed by atoms with van der Waals surface area (Å²) in [6, 6.07) is 17.5. The zero-order chi connectivity index (χ0) is 21.1. The van der Waals surface area contributed by atoms with E-state index in [2.05, 4.69) is 10.3 Å². The van der Waals surface area contributed by atoms with Crippen LogP contribution in [0.1, 0.15) is 12.5 Å². The fourth-order valence-electron chi connectivity index (χ4n) is 3.33. The van der Waals surface area contributed by atoms with E-state index < -0.39 is 0 Å². The highest BCUT2D eigenvalue weighted by molar-refractivity contribution is 5.92. The van der Waals surface area contributed by atoms with Crippen LogP contribution in [0.4, 0.5) is 0 Å². The smallest absolute Gasteiger partial charge is 0.217 e. The Morgan fingerprint density at radius 1 is 0.967 bits per heavy atom. The number of fused-ring (bicyclic) bond motifs is 1. The number of benzene rings is 2. The Morgan fingerprint density at radius 2 is 1.70 bits per heavy atom. The largest absolute Gasteiger partial charge is 0.493 e. The highest BCUT2D eigenvalue weighted by atomic mass is 16.5. The summed E-state index contributed by atoms with van der Waals surface area (Å²) >= 11 is 0. The topological polar surface area (TPSA) is 73.6 Å². The van der Waals surface area contributed by atoms with E-state index in [4.69, 9.17) is 13.9 Å². The summed E-state index contributed by atoms with van der Waals surface area (Å²) in [5, 5.41) is 2.80. The number of methoxy groups -OCH3 is 2. The zero-order valence-corrected chi connectivity index (χ0v) is 17.1. The molecule has 0 aliphatic rings. The Hall–Kier alpha value is -3.80. The van der Waals surface area contributed by atoms with Crippen LogP contribution in [-0.2, 0) is 11.3 Å². The van der Waals surface area contributed by atoms with Crippen molar-refractivity contribution in [2.45, 2.75) is 13.5 Å². The summed E-state index contributed by atoms with van der Waals surface area (Å²) in [7, 11) is 3.21. The first-order valence-electron chi connectivity index (χ1n) is 9.53. The van der Waals surface area contributed by atoms with Gasteiger partial charge in [-0.05, 0) is 35.4 Å². The van der Waals surface area contributed by atoms with E-state index >= 15 is 0 Å². The van der Waals surface area contributed by atoms with E-state index in [1.54, 1.807) is 20.4 Å². The maximum atomic E-state index is 11.1. The number of rotatable bonds is 6. The average molecular weight is 402 g/mol. The van der Waals surface area contributed by atoms with Gasteiger partial charge in [0.2, 0.25) is 5.91 Å². The fraction of sp³-hybridized carbons (Fsp3) is 0.167. The van der Waals surface area contributed by atoms with Crippen molar-refractivity contribution in [3.8, 4) is 33.9 Å². The minimum atomic E-state index is -0.0480. The number of nitrogens with one attached hydrogen (secondary N) is 1. The predicted octanol–water partition coefficient (Wildman–Crippen LogP) is 4.82. The molecule has 1 amide bonds. The summed E-state index contributed by atoms with van der Waals surface area (Å²) < 4.78 is 16.9. The number of hydrogen-bond donors (Lipinski definition) is 1. The van der Waals surface area contributed by atoms with Crippen LogP contribution in [0.25, 0.3) is 33.6 Å². The SMILES string of the molecule is COc1ccc(-c2cc3nccc(-c4ccc(CNC(C)=O)cc4)c3o2)cc1OC. The average Bonchev–Trinajstić information content (AvgIpc) is 3.22. The normalized spacial score (nSPS) is 10.8. The van der Waals surface area contributed by atoms with E-state index in [9.17, 15) is 4.79 Å². The number of furan rings is 1. The van der Waals surface area contributed by atoms with Crippen molar-refractivity contribution in [1.29, 1.82) is 0 Å². The first-order chi connectivity index (χ1) is 14.6. The minimum absolute atomic E-state index is 0.0480. The van der Waals surface area contributed by atoms with Gasteiger partial charge in [0.05, 0.1) is 14.2 Å². The molecule has 4 rings (SSSR count). The number of ether oxygens (including phenoxy) is 2. The number of pyridine rings is 1. The van der Waals surface area contributed by atoms with Gasteiger partial charge >= 0.3 is 0 Å². The third-order valence-corrected chi connectivity index (χ3v) is 4.89. The summed E-state index contributed by atoms with van der Waals surface area (Å²) in [5.41, 5.74) is 5.38. The minimum Gasteiger partial charge on any atom is -0.493 e. The highest BCUT2D eigenvalue weighted by Gasteiger charge is 2.14. The number of amides is 1. The number of carbonyl (C=O) groups is 1. The van der Waals surface area contributed by atoms with Crippen LogP contribution in [0.15, 0.2) is 65.2 Å². The van der Waals surface area contributed by atoms with Crippen LogP contribution in [0.2, 0.25) is 0 Å². The summed E-state index contributed by atoms with van der Waals surface area (Å²) in [5.74, 6) is 1.95. The molecule has 2 aromatic carbocycles. The predicted molar refractivity (Wildman–Crippen MR) is 116 cm³/mol. The Bertz CT molecular complexity index is 1200. The van der Waals surface area contributed by atoms with Gasteiger partial charge in [0.25, 0.3) is 0 Å². The van der Waals surface area contributed by atoms with Crippen LogP contribution in [0, 0.1) is 0 Å². The van der Waals surface area contributed by atoms with Gasteiger partial charge in [-0.25, -0.2) is 0 Å². The first kappa shape index (κ1) is 19.5. The lowest BCUT2D eigenvalue weighted by Gasteiger charge is -2.08. The third-order valence-electron chi connectivity index (χ3n) is 4.89. The van der Waals surface area contributed by atoms with E-state index in [0.717, 1.165) is 33.4 Å². The van der Waals surface area contributed by atoms with Crippen LogP contribution in [0.5, 0.6) is 11.5 Å². The summed E-state index contributed by atoms with van der Waals surface area (Å²) in [6.45, 7) is 2.01. The van der Waals surface area contributed by atoms with E-state index in [0.29, 0.717) is 23.8 Å². The zero-order valence-electron chi connectivity index (χ0n) is 17.1. The molecular weight excluding hydrogens is 380 g/mol. The maximum absolute atomic E-state index is 11.1. The molecule has 4 aromatic rings. The molecule has 0 fully saturated rings. The van der Waals surface area contributed by atoms with E-state index in [1.807, 2.05) is 54.6 Å². The molecule has 0 aliphatic carbocycles. The molecule has 2 aromatic heterocycles. The molecule has 0 radical (unpaired) electrons. The Kier molecular flexibility index (Phi) is 5.39. The molecule has 0 saturated carbocycles. The van der Waals surface area contributed by atoms with Crippen LogP contribution < -0.4 is 14.8 Å². The molecule has 6 heteroatoms. The molecule has 2 heterocycles. The maximum Gasteiger partial charge on any atom is 0.217 e. The molecule has 0 spiro atoms. The fourth-order valence-corrected chi connectivity index (χ4v) is 3.33. The molecule has 0 unspecified atom stereocenters. The van der Waals surface area contributed by atoms with Crippen molar-refractivity contribution in [3.05, 3.63) is 66.4 Å². The number of hydrogen-bond acceptors (Lipinski definition) is 5. The van der Waals surface area contributed by atoms with Gasteiger partial charge in [-0.3, -0.25) is 9.78 Å². The van der Waals surface area contributed by atoms with Gasteiger partial charge in [0.15, 0.2) is 17.1 Å². The summed E-state index contributed by atoms with van der Waals surface area (Å²) in [4.78, 5) is 15.6. The number of aromatic nitrogens is 1. The van der Waals surface area contributed by atoms with Gasteiger partial charge in [-0.2, -0.15) is 0 Å². The molecule has 0 aliphatic heterocycles.